The van der Waals surface area contributed by atoms with Gasteiger partial charge in [-0.15, -0.1) is 0 Å². The zero-order chi connectivity index (χ0) is 2.71. The molecule has 0 saturated heterocycles. The molecule has 0 aliphatic rings. The summed E-state index contributed by atoms with van der Waals surface area (Å²) in [7, 11) is 0. The summed E-state index contributed by atoms with van der Waals surface area (Å²) < 4.78 is 1.69. The van der Waals surface area contributed by atoms with Crippen molar-refractivity contribution in [3.05, 3.63) is 0 Å². The third kappa shape index (κ3) is 13.8. The van der Waals surface area contributed by atoms with Crippen molar-refractivity contribution in [3.63, 3.8) is 0 Å². The second-order valence-electron chi connectivity index (χ2n) is 0.0674. The molecule has 0 aliphatic carbocycles. The summed E-state index contributed by atoms with van der Waals surface area (Å²) >= 11 is 1.73. The Morgan fingerprint density at radius 2 is 1.75 bits per heavy atom. The van der Waals surface area contributed by atoms with Crippen molar-refractivity contribution in [2.45, 2.75) is 0 Å². The van der Waals surface area contributed by atoms with Gasteiger partial charge in [-0.05, 0) is 0 Å². The Balaban J connectivity index is 0. The first-order valence-electron chi connectivity index (χ1n) is 0.374. The molecule has 3 heteroatoms. The fourth-order valence-corrected chi connectivity index (χ4v) is 0. The van der Waals surface area contributed by atoms with E-state index in [0.717, 1.165) is 0 Å². The minimum atomic E-state index is 0. The van der Waals surface area contributed by atoms with Gasteiger partial charge in [-0.2, -0.15) is 0 Å². The molecular weight excluding hydrogens is 230 g/mol. The van der Waals surface area contributed by atoms with E-state index in [9.17, 15) is 0 Å². The van der Waals surface area contributed by atoms with Crippen molar-refractivity contribution in [2.75, 3.05) is 0 Å². The van der Waals surface area contributed by atoms with E-state index in [1.807, 2.05) is 0 Å². The third-order valence-corrected chi connectivity index (χ3v) is 0. The van der Waals surface area contributed by atoms with Crippen LogP contribution in [0, 0.1) is 9.55 Å². The van der Waals surface area contributed by atoms with E-state index < -0.39 is 0 Å². The average molecular weight is 231 g/mol. The second kappa shape index (κ2) is 9.16. The zero-order valence-corrected chi connectivity index (χ0v) is 3.42. The summed E-state index contributed by atoms with van der Waals surface area (Å²) in [5.41, 5.74) is 0. The summed E-state index contributed by atoms with van der Waals surface area (Å²) in [5, 5.41) is 7.29. The molecule has 4 heavy (non-hydrogen) atoms. The number of nitrogens with zero attached hydrogens (tertiary/aromatic N) is 1. The van der Waals surface area contributed by atoms with Gasteiger partial charge >= 0.3 is 49.5 Å². The monoisotopic (exact) mass is 231 g/mol. The Kier molecular flexibility index (Phi) is 20.3. The van der Waals surface area contributed by atoms with Crippen LogP contribution in [-0.2, 0) is 21.1 Å². The van der Waals surface area contributed by atoms with Crippen LogP contribution in [0.1, 0.15) is 0 Å². The summed E-state index contributed by atoms with van der Waals surface area (Å²) in [6.07, 6.45) is 0. The van der Waals surface area contributed by atoms with E-state index in [1.54, 1.807) is 25.4 Å². The molecule has 0 N–H and O–H groups in total. The van der Waals surface area contributed by atoms with E-state index in [-0.39, 0.29) is 18.9 Å². The van der Waals surface area contributed by atoms with Crippen LogP contribution in [-0.4, -0.2) is 18.9 Å². The Bertz CT molecular complexity index is 29.5. The third-order valence-electron chi connectivity index (χ3n) is 0. The van der Waals surface area contributed by atoms with Gasteiger partial charge < -0.3 is 0 Å². The molecule has 0 amide bonds. The first-order valence-corrected chi connectivity index (χ1v) is 1.46. The molecule has 0 aromatic heterocycles. The minimum absolute atomic E-state index is 0. The molecule has 0 aliphatic heterocycles. The first-order chi connectivity index (χ1) is 1.41. The van der Waals surface area contributed by atoms with Crippen LogP contribution in [0.5, 0.6) is 0 Å². The molecule has 0 rings (SSSR count). The van der Waals surface area contributed by atoms with Crippen molar-refractivity contribution < 1.29 is 21.1 Å². The molecule has 0 spiro atoms. The van der Waals surface area contributed by atoms with E-state index in [2.05, 4.69) is 0 Å². The van der Waals surface area contributed by atoms with E-state index in [1.165, 1.54) is 0 Å². The predicted octanol–water partition coefficient (Wildman–Crippen LogP) is -0.634. The molecule has 0 bridgehead atoms. The summed E-state index contributed by atoms with van der Waals surface area (Å²) in [4.78, 5) is 0. The van der Waals surface area contributed by atoms with Gasteiger partial charge in [0.15, 0.2) is 0 Å². The van der Waals surface area contributed by atoms with Crippen LogP contribution in [0.15, 0.2) is 0 Å². The molecular formula is CHAuLiN. The molecule has 0 aromatic rings. The van der Waals surface area contributed by atoms with Crippen LogP contribution >= 0.6 is 0 Å². The second-order valence-corrected chi connectivity index (χ2v) is 0.552. The van der Waals surface area contributed by atoms with Crippen LogP contribution in [0.2, 0.25) is 0 Å². The summed E-state index contributed by atoms with van der Waals surface area (Å²) in [5.74, 6) is 0. The summed E-state index contributed by atoms with van der Waals surface area (Å²) in [6.45, 7) is 0. The number of hydrogen-bond donors (Lipinski definition) is 0. The molecule has 0 radical (unpaired) electrons. The van der Waals surface area contributed by atoms with Crippen LogP contribution in [0.3, 0.4) is 0 Å². The molecule has 0 saturated carbocycles. The van der Waals surface area contributed by atoms with Gasteiger partial charge in [0.25, 0.3) is 0 Å². The van der Waals surface area contributed by atoms with Gasteiger partial charge in [0.1, 0.15) is 0 Å². The molecule has 22 valence electrons. The Hall–Kier alpha value is 0.828. The maximum atomic E-state index is 7.29. The molecule has 0 heterocycles. The standard InChI is InChI=1S/CN.Au.Li.H/c1-2;;;. The van der Waals surface area contributed by atoms with Crippen molar-refractivity contribution in [1.29, 1.82) is 5.26 Å². The molecule has 0 fully saturated rings. The van der Waals surface area contributed by atoms with Crippen molar-refractivity contribution in [2.24, 2.45) is 0 Å². The van der Waals surface area contributed by atoms with Crippen molar-refractivity contribution >= 4 is 18.9 Å². The Labute approximate surface area is 49.5 Å². The number of hydrogen-bond acceptors (Lipinski definition) is 1. The predicted molar refractivity (Wildman–Crippen MR) is 12.8 cm³/mol. The summed E-state index contributed by atoms with van der Waals surface area (Å²) in [6, 6.07) is 0. The molecule has 0 unspecified atom stereocenters. The van der Waals surface area contributed by atoms with Gasteiger partial charge in [-0.1, -0.05) is 0 Å². The van der Waals surface area contributed by atoms with E-state index in [0.29, 0.717) is 0 Å². The number of nitriles is 1. The van der Waals surface area contributed by atoms with Crippen LogP contribution in [0.4, 0.5) is 0 Å². The van der Waals surface area contributed by atoms with Gasteiger partial charge in [0.2, 0.25) is 0 Å². The maximum absolute atomic E-state index is 7.29. The van der Waals surface area contributed by atoms with Crippen molar-refractivity contribution in [3.8, 4) is 4.29 Å². The Morgan fingerprint density at radius 1 is 1.75 bits per heavy atom. The topological polar surface area (TPSA) is 23.8 Å². The van der Waals surface area contributed by atoms with Gasteiger partial charge in [-0.25, -0.2) is 0 Å². The quantitative estimate of drug-likeness (QED) is 0.509. The van der Waals surface area contributed by atoms with E-state index in [4.69, 9.17) is 5.26 Å². The van der Waals surface area contributed by atoms with Gasteiger partial charge in [0.05, 0.1) is 0 Å². The van der Waals surface area contributed by atoms with Crippen molar-refractivity contribution in [1.82, 2.24) is 0 Å². The zero-order valence-electron chi connectivity index (χ0n) is 1.25. The fraction of sp³-hybridized carbons (Fsp3) is 0. The molecule has 0 atom stereocenters. The number of rotatable bonds is 0. The fourth-order valence-electron chi connectivity index (χ4n) is 0. The van der Waals surface area contributed by atoms with Crippen LogP contribution in [0.25, 0.3) is 0 Å². The molecule has 1 nitrogen and oxygen atoms in total. The first kappa shape index (κ1) is 8.85. The van der Waals surface area contributed by atoms with Gasteiger partial charge in [0, 0.05) is 0 Å². The van der Waals surface area contributed by atoms with E-state index >= 15 is 0 Å². The SMILES string of the molecule is N#[C][Au].[LiH]. The average Bonchev–Trinajstić information content (AvgIpc) is 0.918. The normalized spacial score (nSPS) is 2.25. The molecule has 0 aromatic carbocycles. The van der Waals surface area contributed by atoms with Gasteiger partial charge in [-0.3, -0.25) is 0 Å². The van der Waals surface area contributed by atoms with Crippen LogP contribution < -0.4 is 0 Å². The Morgan fingerprint density at radius 3 is 1.75 bits per heavy atom.